The molecule has 0 aliphatic rings. The molecular formula is C15H15N3O2. The van der Waals surface area contributed by atoms with Crippen molar-refractivity contribution in [2.45, 2.75) is 6.92 Å². The normalized spacial score (nSPS) is 10.9. The average Bonchev–Trinajstić information content (AvgIpc) is 2.50. The molecule has 20 heavy (non-hydrogen) atoms. The molecule has 0 spiro atoms. The predicted octanol–water partition coefficient (Wildman–Crippen LogP) is 2.46. The van der Waals surface area contributed by atoms with Crippen molar-refractivity contribution in [2.24, 2.45) is 5.10 Å². The lowest BCUT2D eigenvalue weighted by Crippen LogP contribution is -2.21. The van der Waals surface area contributed by atoms with Gasteiger partial charge in [0.25, 0.3) is 0 Å². The molecule has 0 saturated heterocycles. The Morgan fingerprint density at radius 3 is 2.60 bits per heavy atom. The first-order chi connectivity index (χ1) is 9.81. The van der Waals surface area contributed by atoms with Gasteiger partial charge in [-0.05, 0) is 31.2 Å². The van der Waals surface area contributed by atoms with Gasteiger partial charge in [0.15, 0.2) is 5.71 Å². The predicted molar refractivity (Wildman–Crippen MR) is 77.5 cm³/mol. The molecule has 0 saturated carbocycles. The fourth-order valence-corrected chi connectivity index (χ4v) is 1.54. The monoisotopic (exact) mass is 269 g/mol. The number of carbonyl (C=O) groups is 1. The zero-order chi connectivity index (χ0) is 14.2. The number of hydrogen-bond donors (Lipinski definition) is 1. The Morgan fingerprint density at radius 2 is 1.95 bits per heavy atom. The maximum atomic E-state index is 11.9. The van der Waals surface area contributed by atoms with E-state index < -0.39 is 5.97 Å². The van der Waals surface area contributed by atoms with E-state index in [1.54, 1.807) is 31.3 Å². The van der Waals surface area contributed by atoms with E-state index in [0.29, 0.717) is 5.69 Å². The molecular weight excluding hydrogens is 254 g/mol. The summed E-state index contributed by atoms with van der Waals surface area (Å²) in [6.45, 7) is 2.04. The SMILES string of the molecule is CCOC(=O)/C(=N/Nc1ccccc1)c1ccccn1. The van der Waals surface area contributed by atoms with E-state index in [4.69, 9.17) is 4.74 Å². The van der Waals surface area contributed by atoms with Crippen molar-refractivity contribution in [3.63, 3.8) is 0 Å². The molecule has 0 bridgehead atoms. The smallest absolute Gasteiger partial charge is 0.361 e. The van der Waals surface area contributed by atoms with E-state index in [2.05, 4.69) is 15.5 Å². The van der Waals surface area contributed by atoms with Gasteiger partial charge in [0, 0.05) is 6.20 Å². The molecule has 0 fully saturated rings. The van der Waals surface area contributed by atoms with Crippen molar-refractivity contribution in [3.05, 3.63) is 60.4 Å². The zero-order valence-electron chi connectivity index (χ0n) is 11.1. The van der Waals surface area contributed by atoms with Crippen LogP contribution in [0.25, 0.3) is 0 Å². The van der Waals surface area contributed by atoms with E-state index in [9.17, 15) is 4.79 Å². The molecule has 1 aromatic carbocycles. The summed E-state index contributed by atoms with van der Waals surface area (Å²) in [5, 5.41) is 4.11. The van der Waals surface area contributed by atoms with Gasteiger partial charge in [-0.1, -0.05) is 24.3 Å². The summed E-state index contributed by atoms with van der Waals surface area (Å²) in [7, 11) is 0. The number of ether oxygens (including phenoxy) is 1. The van der Waals surface area contributed by atoms with Crippen LogP contribution in [-0.4, -0.2) is 23.3 Å². The highest BCUT2D eigenvalue weighted by Crippen LogP contribution is 2.06. The third-order valence-electron chi connectivity index (χ3n) is 2.45. The number of para-hydroxylation sites is 1. The van der Waals surface area contributed by atoms with Crippen LogP contribution in [0.5, 0.6) is 0 Å². The van der Waals surface area contributed by atoms with Crippen molar-refractivity contribution in [1.29, 1.82) is 0 Å². The number of anilines is 1. The Balaban J connectivity index is 2.25. The van der Waals surface area contributed by atoms with E-state index in [1.165, 1.54) is 0 Å². The lowest BCUT2D eigenvalue weighted by Gasteiger charge is -2.06. The number of nitrogens with one attached hydrogen (secondary N) is 1. The van der Waals surface area contributed by atoms with Crippen molar-refractivity contribution in [3.8, 4) is 0 Å². The zero-order valence-corrected chi connectivity index (χ0v) is 11.1. The van der Waals surface area contributed by atoms with Crippen LogP contribution in [0.15, 0.2) is 59.8 Å². The van der Waals surface area contributed by atoms with Crippen LogP contribution in [0.3, 0.4) is 0 Å². The van der Waals surface area contributed by atoms with E-state index in [-0.39, 0.29) is 12.3 Å². The molecule has 1 aromatic heterocycles. The van der Waals surface area contributed by atoms with Gasteiger partial charge in [-0.2, -0.15) is 5.10 Å². The molecule has 5 heteroatoms. The molecule has 0 unspecified atom stereocenters. The largest absolute Gasteiger partial charge is 0.461 e. The Labute approximate surface area is 117 Å². The van der Waals surface area contributed by atoms with Gasteiger partial charge >= 0.3 is 5.97 Å². The minimum Gasteiger partial charge on any atom is -0.461 e. The number of hydrogen-bond acceptors (Lipinski definition) is 5. The summed E-state index contributed by atoms with van der Waals surface area (Å²) >= 11 is 0. The number of carbonyl (C=O) groups excluding carboxylic acids is 1. The maximum Gasteiger partial charge on any atom is 0.361 e. The van der Waals surface area contributed by atoms with Gasteiger partial charge in [-0.25, -0.2) is 4.79 Å². The van der Waals surface area contributed by atoms with Gasteiger partial charge < -0.3 is 4.74 Å². The number of aromatic nitrogens is 1. The number of nitrogens with zero attached hydrogens (tertiary/aromatic N) is 2. The first-order valence-electron chi connectivity index (χ1n) is 6.28. The van der Waals surface area contributed by atoms with Crippen molar-refractivity contribution in [2.75, 3.05) is 12.0 Å². The van der Waals surface area contributed by atoms with Gasteiger partial charge in [-0.15, -0.1) is 0 Å². The van der Waals surface area contributed by atoms with Gasteiger partial charge in [0.2, 0.25) is 0 Å². The van der Waals surface area contributed by atoms with Gasteiger partial charge in [0.1, 0.15) is 0 Å². The molecule has 0 amide bonds. The summed E-state index contributed by atoms with van der Waals surface area (Å²) in [5.74, 6) is -0.505. The summed E-state index contributed by atoms with van der Waals surface area (Å²) in [5.41, 5.74) is 4.23. The van der Waals surface area contributed by atoms with Crippen LogP contribution < -0.4 is 5.43 Å². The summed E-state index contributed by atoms with van der Waals surface area (Å²) < 4.78 is 5.00. The van der Waals surface area contributed by atoms with Gasteiger partial charge in [-0.3, -0.25) is 10.4 Å². The van der Waals surface area contributed by atoms with Crippen molar-refractivity contribution < 1.29 is 9.53 Å². The molecule has 0 aliphatic heterocycles. The van der Waals surface area contributed by atoms with Crippen molar-refractivity contribution in [1.82, 2.24) is 4.98 Å². The fourth-order valence-electron chi connectivity index (χ4n) is 1.54. The van der Waals surface area contributed by atoms with E-state index in [1.807, 2.05) is 30.3 Å². The maximum absolute atomic E-state index is 11.9. The quantitative estimate of drug-likeness (QED) is 0.514. The van der Waals surface area contributed by atoms with E-state index >= 15 is 0 Å². The Morgan fingerprint density at radius 1 is 1.20 bits per heavy atom. The van der Waals surface area contributed by atoms with Crippen LogP contribution in [0, 0.1) is 0 Å². The van der Waals surface area contributed by atoms with Gasteiger partial charge in [0.05, 0.1) is 18.0 Å². The fraction of sp³-hybridized carbons (Fsp3) is 0.133. The number of rotatable bonds is 5. The van der Waals surface area contributed by atoms with E-state index in [0.717, 1.165) is 5.69 Å². The third-order valence-corrected chi connectivity index (χ3v) is 2.45. The number of esters is 1. The molecule has 1 heterocycles. The van der Waals surface area contributed by atoms with Crippen LogP contribution in [-0.2, 0) is 9.53 Å². The van der Waals surface area contributed by atoms with Crippen molar-refractivity contribution >= 4 is 17.4 Å². The number of hydrazone groups is 1. The Hall–Kier alpha value is -2.69. The summed E-state index contributed by atoms with van der Waals surface area (Å²) in [4.78, 5) is 16.1. The highest BCUT2D eigenvalue weighted by molar-refractivity contribution is 6.42. The average molecular weight is 269 g/mol. The second-order valence-electron chi connectivity index (χ2n) is 3.87. The summed E-state index contributed by atoms with van der Waals surface area (Å²) in [6, 6.07) is 14.6. The third kappa shape index (κ3) is 3.65. The Bertz CT molecular complexity index is 583. The molecule has 0 aliphatic carbocycles. The first-order valence-corrected chi connectivity index (χ1v) is 6.28. The molecule has 102 valence electrons. The summed E-state index contributed by atoms with van der Waals surface area (Å²) in [6.07, 6.45) is 1.60. The second kappa shape index (κ2) is 7.04. The number of pyridine rings is 1. The number of benzene rings is 1. The molecule has 5 nitrogen and oxygen atoms in total. The molecule has 0 atom stereocenters. The van der Waals surface area contributed by atoms with Crippen LogP contribution in [0.1, 0.15) is 12.6 Å². The minimum absolute atomic E-state index is 0.149. The molecule has 2 aromatic rings. The topological polar surface area (TPSA) is 63.6 Å². The molecule has 0 radical (unpaired) electrons. The molecule has 1 N–H and O–H groups in total. The minimum atomic E-state index is -0.505. The Kier molecular flexibility index (Phi) is 4.83. The van der Waals surface area contributed by atoms with Crippen LogP contribution >= 0.6 is 0 Å². The lowest BCUT2D eigenvalue weighted by atomic mass is 10.2. The highest BCUT2D eigenvalue weighted by Gasteiger charge is 2.16. The second-order valence-corrected chi connectivity index (χ2v) is 3.87. The molecule has 2 rings (SSSR count). The first kappa shape index (κ1) is 13.7. The van der Waals surface area contributed by atoms with Crippen LogP contribution in [0.4, 0.5) is 5.69 Å². The van der Waals surface area contributed by atoms with Crippen LogP contribution in [0.2, 0.25) is 0 Å². The highest BCUT2D eigenvalue weighted by atomic mass is 16.5. The standard InChI is InChI=1S/C15H15N3O2/c1-2-20-15(19)14(13-10-6-7-11-16-13)18-17-12-8-4-3-5-9-12/h3-11,17H,2H2,1H3/b18-14+. The lowest BCUT2D eigenvalue weighted by molar-refractivity contribution is -0.134.